The minimum Gasteiger partial charge on any atom is -0.367 e. The van der Waals surface area contributed by atoms with Crippen molar-refractivity contribution < 1.29 is 0 Å². The zero-order valence-electron chi connectivity index (χ0n) is 9.27. The predicted octanol–water partition coefficient (Wildman–Crippen LogP) is 1.95. The van der Waals surface area contributed by atoms with E-state index in [1.165, 1.54) is 19.3 Å². The lowest BCUT2D eigenvalue weighted by molar-refractivity contribution is 0.285. The van der Waals surface area contributed by atoms with Crippen molar-refractivity contribution >= 4 is 16.9 Å². The van der Waals surface area contributed by atoms with Crippen molar-refractivity contribution in [1.82, 2.24) is 20.2 Å². The number of hydrogen-bond acceptors (Lipinski definition) is 4. The fourth-order valence-corrected chi connectivity index (χ4v) is 2.15. The molecule has 0 radical (unpaired) electrons. The van der Waals surface area contributed by atoms with Crippen LogP contribution in [0.3, 0.4) is 0 Å². The molecule has 1 saturated carbocycles. The molecule has 2 aromatic rings. The highest BCUT2D eigenvalue weighted by Crippen LogP contribution is 2.31. The SMILES string of the molecule is CC(Nc1ncnc2[nH]ncc12)C1CCC1. The van der Waals surface area contributed by atoms with E-state index in [2.05, 4.69) is 32.4 Å². The Morgan fingerprint density at radius 1 is 1.44 bits per heavy atom. The third kappa shape index (κ3) is 1.52. The summed E-state index contributed by atoms with van der Waals surface area (Å²) >= 11 is 0. The van der Waals surface area contributed by atoms with Crippen molar-refractivity contribution in [1.29, 1.82) is 0 Å². The number of hydrogen-bond donors (Lipinski definition) is 2. The van der Waals surface area contributed by atoms with Crippen LogP contribution in [0.25, 0.3) is 11.0 Å². The Kier molecular flexibility index (Phi) is 2.23. The molecule has 0 saturated heterocycles. The highest BCUT2D eigenvalue weighted by atomic mass is 15.2. The second kappa shape index (κ2) is 3.73. The monoisotopic (exact) mass is 217 g/mol. The van der Waals surface area contributed by atoms with Gasteiger partial charge in [0, 0.05) is 6.04 Å². The fourth-order valence-electron chi connectivity index (χ4n) is 2.15. The van der Waals surface area contributed by atoms with E-state index in [0.29, 0.717) is 6.04 Å². The minimum atomic E-state index is 0.474. The molecule has 0 amide bonds. The van der Waals surface area contributed by atoms with Crippen LogP contribution in [0.2, 0.25) is 0 Å². The number of nitrogens with one attached hydrogen (secondary N) is 2. The molecular formula is C11H15N5. The van der Waals surface area contributed by atoms with Gasteiger partial charge < -0.3 is 5.32 Å². The van der Waals surface area contributed by atoms with Crippen molar-refractivity contribution in [2.24, 2.45) is 5.92 Å². The molecule has 1 unspecified atom stereocenters. The summed E-state index contributed by atoms with van der Waals surface area (Å²) in [6, 6.07) is 0.474. The Bertz CT molecular complexity index is 488. The summed E-state index contributed by atoms with van der Waals surface area (Å²) in [4.78, 5) is 8.40. The van der Waals surface area contributed by atoms with Crippen molar-refractivity contribution in [3.8, 4) is 0 Å². The molecule has 0 spiro atoms. The van der Waals surface area contributed by atoms with Gasteiger partial charge in [0.05, 0.1) is 11.6 Å². The Hall–Kier alpha value is -1.65. The maximum Gasteiger partial charge on any atom is 0.160 e. The van der Waals surface area contributed by atoms with Gasteiger partial charge in [-0.3, -0.25) is 5.10 Å². The van der Waals surface area contributed by atoms with E-state index in [-0.39, 0.29) is 0 Å². The Balaban J connectivity index is 1.85. The maximum atomic E-state index is 4.28. The van der Waals surface area contributed by atoms with E-state index in [1.807, 2.05) is 0 Å². The maximum absolute atomic E-state index is 4.28. The number of nitrogens with zero attached hydrogens (tertiary/aromatic N) is 3. The van der Waals surface area contributed by atoms with Crippen molar-refractivity contribution in [2.75, 3.05) is 5.32 Å². The second-order valence-corrected chi connectivity index (χ2v) is 4.48. The van der Waals surface area contributed by atoms with Crippen molar-refractivity contribution in [2.45, 2.75) is 32.2 Å². The first kappa shape index (κ1) is 9.57. The van der Waals surface area contributed by atoms with E-state index >= 15 is 0 Å². The number of anilines is 1. The first-order chi connectivity index (χ1) is 7.84. The van der Waals surface area contributed by atoms with Gasteiger partial charge in [0.2, 0.25) is 0 Å². The summed E-state index contributed by atoms with van der Waals surface area (Å²) in [6.07, 6.45) is 7.35. The number of aromatic nitrogens is 4. The van der Waals surface area contributed by atoms with Gasteiger partial charge in [-0.05, 0) is 25.7 Å². The van der Waals surface area contributed by atoms with Gasteiger partial charge in [-0.1, -0.05) is 6.42 Å². The molecule has 2 heterocycles. The lowest BCUT2D eigenvalue weighted by Gasteiger charge is -2.32. The largest absolute Gasteiger partial charge is 0.367 e. The third-order valence-corrected chi connectivity index (χ3v) is 3.47. The van der Waals surface area contributed by atoms with Crippen LogP contribution in [0.4, 0.5) is 5.82 Å². The van der Waals surface area contributed by atoms with Crippen LogP contribution in [-0.2, 0) is 0 Å². The molecule has 1 aliphatic rings. The molecule has 0 aromatic carbocycles. The first-order valence-corrected chi connectivity index (χ1v) is 5.75. The molecule has 16 heavy (non-hydrogen) atoms. The van der Waals surface area contributed by atoms with Gasteiger partial charge in [0.1, 0.15) is 12.1 Å². The van der Waals surface area contributed by atoms with E-state index < -0.39 is 0 Å². The molecule has 1 fully saturated rings. The average Bonchev–Trinajstić information content (AvgIpc) is 2.63. The molecule has 0 aliphatic heterocycles. The molecule has 3 rings (SSSR count). The van der Waals surface area contributed by atoms with Crippen LogP contribution in [0.1, 0.15) is 26.2 Å². The standard InChI is InChI=1S/C11H15N5/c1-7(8-3-2-4-8)15-10-9-5-14-16-11(9)13-6-12-10/h5-8H,2-4H2,1H3,(H2,12,13,14,15,16). The summed E-state index contributed by atoms with van der Waals surface area (Å²) in [7, 11) is 0. The van der Waals surface area contributed by atoms with E-state index in [0.717, 1.165) is 22.8 Å². The van der Waals surface area contributed by atoms with Gasteiger partial charge in [-0.25, -0.2) is 9.97 Å². The molecule has 2 aromatic heterocycles. The third-order valence-electron chi connectivity index (χ3n) is 3.47. The molecule has 0 bridgehead atoms. The summed E-state index contributed by atoms with van der Waals surface area (Å²) in [5.74, 6) is 1.68. The van der Waals surface area contributed by atoms with Crippen LogP contribution in [-0.4, -0.2) is 26.2 Å². The second-order valence-electron chi connectivity index (χ2n) is 4.48. The highest BCUT2D eigenvalue weighted by molar-refractivity contribution is 5.85. The van der Waals surface area contributed by atoms with Gasteiger partial charge in [-0.15, -0.1) is 0 Å². The zero-order valence-corrected chi connectivity index (χ0v) is 9.27. The van der Waals surface area contributed by atoms with Crippen LogP contribution in [0, 0.1) is 5.92 Å². The molecule has 2 N–H and O–H groups in total. The van der Waals surface area contributed by atoms with E-state index in [4.69, 9.17) is 0 Å². The van der Waals surface area contributed by atoms with E-state index in [9.17, 15) is 0 Å². The topological polar surface area (TPSA) is 66.5 Å². The fraction of sp³-hybridized carbons (Fsp3) is 0.545. The summed E-state index contributed by atoms with van der Waals surface area (Å²) in [5, 5.41) is 11.3. The number of rotatable bonds is 3. The van der Waals surface area contributed by atoms with Gasteiger partial charge in [-0.2, -0.15) is 5.10 Å². The van der Waals surface area contributed by atoms with Crippen LogP contribution < -0.4 is 5.32 Å². The quantitative estimate of drug-likeness (QED) is 0.824. The minimum absolute atomic E-state index is 0.474. The van der Waals surface area contributed by atoms with Crippen molar-refractivity contribution in [3.63, 3.8) is 0 Å². The smallest absolute Gasteiger partial charge is 0.160 e. The molecule has 1 atom stereocenters. The number of aromatic amines is 1. The normalized spacial score (nSPS) is 18.3. The Morgan fingerprint density at radius 2 is 2.31 bits per heavy atom. The van der Waals surface area contributed by atoms with Crippen LogP contribution >= 0.6 is 0 Å². The Labute approximate surface area is 93.7 Å². The highest BCUT2D eigenvalue weighted by Gasteiger charge is 2.24. The lowest BCUT2D eigenvalue weighted by atomic mass is 9.80. The van der Waals surface area contributed by atoms with E-state index in [1.54, 1.807) is 12.5 Å². The summed E-state index contributed by atoms with van der Waals surface area (Å²) < 4.78 is 0. The molecule has 84 valence electrons. The zero-order chi connectivity index (χ0) is 11.0. The predicted molar refractivity (Wildman–Crippen MR) is 62.1 cm³/mol. The van der Waals surface area contributed by atoms with Gasteiger partial charge in [0.25, 0.3) is 0 Å². The molecule has 5 nitrogen and oxygen atoms in total. The molecule has 1 aliphatic carbocycles. The number of H-pyrrole nitrogens is 1. The van der Waals surface area contributed by atoms with Gasteiger partial charge in [0.15, 0.2) is 5.65 Å². The van der Waals surface area contributed by atoms with Gasteiger partial charge >= 0.3 is 0 Å². The Morgan fingerprint density at radius 3 is 3.06 bits per heavy atom. The first-order valence-electron chi connectivity index (χ1n) is 5.75. The molecular weight excluding hydrogens is 202 g/mol. The lowest BCUT2D eigenvalue weighted by Crippen LogP contribution is -2.31. The van der Waals surface area contributed by atoms with Crippen LogP contribution in [0.5, 0.6) is 0 Å². The molecule has 5 heteroatoms. The van der Waals surface area contributed by atoms with Crippen molar-refractivity contribution in [3.05, 3.63) is 12.5 Å². The summed E-state index contributed by atoms with van der Waals surface area (Å²) in [6.45, 7) is 2.22. The average molecular weight is 217 g/mol. The van der Waals surface area contributed by atoms with Crippen LogP contribution in [0.15, 0.2) is 12.5 Å². The summed E-state index contributed by atoms with van der Waals surface area (Å²) in [5.41, 5.74) is 0.790. The number of fused-ring (bicyclic) bond motifs is 1.